The smallest absolute Gasteiger partial charge is 0.0817 e. The monoisotopic (exact) mass is 270 g/mol. The molecule has 0 radical (unpaired) electrons. The SMILES string of the molecule is CN(C)CCn1ncc(Cl)c1CCCNC1CC1. The molecular formula is C13H23ClN4. The Balaban J connectivity index is 1.78. The summed E-state index contributed by atoms with van der Waals surface area (Å²) in [5.41, 5.74) is 1.18. The molecule has 18 heavy (non-hydrogen) atoms. The quantitative estimate of drug-likeness (QED) is 0.731. The number of hydrogen-bond acceptors (Lipinski definition) is 3. The molecule has 1 saturated carbocycles. The molecule has 5 heteroatoms. The van der Waals surface area contributed by atoms with Crippen LogP contribution in [-0.4, -0.2) is 47.9 Å². The van der Waals surface area contributed by atoms with Crippen LogP contribution in [-0.2, 0) is 13.0 Å². The summed E-state index contributed by atoms with van der Waals surface area (Å²) in [7, 11) is 4.15. The van der Waals surface area contributed by atoms with E-state index in [0.717, 1.165) is 43.5 Å². The number of aromatic nitrogens is 2. The standard InChI is InChI=1S/C13H23ClN4/c1-17(2)8-9-18-13(12(14)10-16-18)4-3-7-15-11-5-6-11/h10-11,15H,3-9H2,1-2H3. The van der Waals surface area contributed by atoms with Crippen molar-refractivity contribution in [1.29, 1.82) is 0 Å². The number of hydrogen-bond donors (Lipinski definition) is 1. The molecule has 1 aromatic heterocycles. The normalized spacial score (nSPS) is 15.6. The van der Waals surface area contributed by atoms with Gasteiger partial charge in [-0.25, -0.2) is 0 Å². The van der Waals surface area contributed by atoms with Crippen LogP contribution in [0.5, 0.6) is 0 Å². The molecule has 0 aromatic carbocycles. The van der Waals surface area contributed by atoms with E-state index in [1.807, 2.05) is 4.68 Å². The minimum atomic E-state index is 0.791. The third kappa shape index (κ3) is 4.26. The van der Waals surface area contributed by atoms with E-state index in [1.165, 1.54) is 18.5 Å². The predicted molar refractivity (Wildman–Crippen MR) is 75.1 cm³/mol. The van der Waals surface area contributed by atoms with Gasteiger partial charge < -0.3 is 10.2 Å². The first kappa shape index (κ1) is 13.8. The Morgan fingerprint density at radius 3 is 2.94 bits per heavy atom. The maximum absolute atomic E-state index is 6.20. The summed E-state index contributed by atoms with van der Waals surface area (Å²) in [4.78, 5) is 2.16. The van der Waals surface area contributed by atoms with E-state index in [9.17, 15) is 0 Å². The summed E-state index contributed by atoms with van der Waals surface area (Å²) in [6, 6.07) is 0.791. The van der Waals surface area contributed by atoms with E-state index >= 15 is 0 Å². The zero-order valence-corrected chi connectivity index (χ0v) is 12.1. The highest BCUT2D eigenvalue weighted by molar-refractivity contribution is 6.31. The van der Waals surface area contributed by atoms with Crippen LogP contribution in [0.2, 0.25) is 5.02 Å². The highest BCUT2D eigenvalue weighted by Crippen LogP contribution is 2.19. The molecule has 1 aliphatic rings. The van der Waals surface area contributed by atoms with Crippen LogP contribution in [0.25, 0.3) is 0 Å². The molecule has 4 nitrogen and oxygen atoms in total. The fourth-order valence-electron chi connectivity index (χ4n) is 1.97. The average molecular weight is 271 g/mol. The summed E-state index contributed by atoms with van der Waals surface area (Å²) in [6.07, 6.45) is 6.60. The molecule has 0 saturated heterocycles. The Hall–Kier alpha value is -0.580. The van der Waals surface area contributed by atoms with Crippen LogP contribution in [0.4, 0.5) is 0 Å². The lowest BCUT2D eigenvalue weighted by atomic mass is 10.2. The minimum Gasteiger partial charge on any atom is -0.314 e. The van der Waals surface area contributed by atoms with E-state index in [2.05, 4.69) is 29.4 Å². The van der Waals surface area contributed by atoms with Gasteiger partial charge in [-0.2, -0.15) is 5.10 Å². The van der Waals surface area contributed by atoms with Gasteiger partial charge in [0.05, 0.1) is 23.5 Å². The molecule has 1 heterocycles. The van der Waals surface area contributed by atoms with E-state index in [4.69, 9.17) is 11.6 Å². The lowest BCUT2D eigenvalue weighted by molar-refractivity contribution is 0.369. The van der Waals surface area contributed by atoms with Gasteiger partial charge in [0.15, 0.2) is 0 Å². The highest BCUT2D eigenvalue weighted by Gasteiger charge is 2.19. The van der Waals surface area contributed by atoms with Gasteiger partial charge in [-0.1, -0.05) is 11.6 Å². The van der Waals surface area contributed by atoms with Crippen LogP contribution >= 0.6 is 11.6 Å². The Kier molecular flexibility index (Phi) is 5.03. The summed E-state index contributed by atoms with van der Waals surface area (Å²) < 4.78 is 2.04. The molecule has 1 fully saturated rings. The van der Waals surface area contributed by atoms with Gasteiger partial charge in [0, 0.05) is 12.6 Å². The first-order valence-electron chi connectivity index (χ1n) is 6.75. The molecule has 2 rings (SSSR count). The third-order valence-electron chi connectivity index (χ3n) is 3.26. The zero-order chi connectivity index (χ0) is 13.0. The summed E-state index contributed by atoms with van der Waals surface area (Å²) in [5, 5.41) is 8.68. The second kappa shape index (κ2) is 6.55. The van der Waals surface area contributed by atoms with Crippen molar-refractivity contribution in [3.8, 4) is 0 Å². The van der Waals surface area contributed by atoms with Gasteiger partial charge >= 0.3 is 0 Å². The van der Waals surface area contributed by atoms with Gasteiger partial charge in [0.2, 0.25) is 0 Å². The van der Waals surface area contributed by atoms with Crippen molar-refractivity contribution >= 4 is 11.6 Å². The van der Waals surface area contributed by atoms with Crippen molar-refractivity contribution in [3.63, 3.8) is 0 Å². The summed E-state index contributed by atoms with van der Waals surface area (Å²) >= 11 is 6.20. The Morgan fingerprint density at radius 1 is 1.50 bits per heavy atom. The molecule has 0 spiro atoms. The fraction of sp³-hybridized carbons (Fsp3) is 0.769. The number of rotatable bonds is 8. The Bertz CT molecular complexity index is 371. The molecule has 102 valence electrons. The van der Waals surface area contributed by atoms with E-state index in [1.54, 1.807) is 6.20 Å². The summed E-state index contributed by atoms with van der Waals surface area (Å²) in [6.45, 7) is 2.98. The first-order valence-corrected chi connectivity index (χ1v) is 7.13. The van der Waals surface area contributed by atoms with Crippen molar-refractivity contribution < 1.29 is 0 Å². The molecule has 0 amide bonds. The average Bonchev–Trinajstić information content (AvgIpc) is 3.08. The molecule has 1 aromatic rings. The number of halogens is 1. The van der Waals surface area contributed by atoms with E-state index < -0.39 is 0 Å². The molecule has 0 aliphatic heterocycles. The molecule has 1 N–H and O–H groups in total. The maximum atomic E-state index is 6.20. The first-order chi connectivity index (χ1) is 8.66. The largest absolute Gasteiger partial charge is 0.314 e. The van der Waals surface area contributed by atoms with Crippen molar-refractivity contribution in [1.82, 2.24) is 20.0 Å². The third-order valence-corrected chi connectivity index (χ3v) is 3.57. The second-order valence-corrected chi connectivity index (χ2v) is 5.70. The van der Waals surface area contributed by atoms with Gasteiger partial charge in [0.25, 0.3) is 0 Å². The highest BCUT2D eigenvalue weighted by atomic mass is 35.5. The van der Waals surface area contributed by atoms with Crippen molar-refractivity contribution in [2.75, 3.05) is 27.2 Å². The van der Waals surface area contributed by atoms with Crippen molar-refractivity contribution in [2.24, 2.45) is 0 Å². The predicted octanol–water partition coefficient (Wildman–Crippen LogP) is 1.78. The topological polar surface area (TPSA) is 33.1 Å². The zero-order valence-electron chi connectivity index (χ0n) is 11.3. The van der Waals surface area contributed by atoms with Gasteiger partial charge in [-0.3, -0.25) is 4.68 Å². The van der Waals surface area contributed by atoms with Gasteiger partial charge in [0.1, 0.15) is 0 Å². The van der Waals surface area contributed by atoms with Crippen LogP contribution in [0.1, 0.15) is 25.0 Å². The number of nitrogens with zero attached hydrogens (tertiary/aromatic N) is 3. The molecule has 0 atom stereocenters. The lowest BCUT2D eigenvalue weighted by Crippen LogP contribution is -2.21. The minimum absolute atomic E-state index is 0.791. The van der Waals surface area contributed by atoms with E-state index in [-0.39, 0.29) is 0 Å². The van der Waals surface area contributed by atoms with E-state index in [0.29, 0.717) is 0 Å². The van der Waals surface area contributed by atoms with Crippen LogP contribution in [0.3, 0.4) is 0 Å². The van der Waals surface area contributed by atoms with Crippen molar-refractivity contribution in [2.45, 2.75) is 38.3 Å². The number of nitrogens with one attached hydrogen (secondary N) is 1. The molecule has 0 bridgehead atoms. The second-order valence-electron chi connectivity index (χ2n) is 5.30. The van der Waals surface area contributed by atoms with Crippen LogP contribution in [0, 0.1) is 0 Å². The molecular weight excluding hydrogens is 248 g/mol. The van der Waals surface area contributed by atoms with Crippen molar-refractivity contribution in [3.05, 3.63) is 16.9 Å². The fourth-order valence-corrected chi connectivity index (χ4v) is 2.21. The number of likely N-dealkylation sites (N-methyl/N-ethyl adjacent to an activating group) is 1. The van der Waals surface area contributed by atoms with Gasteiger partial charge in [-0.15, -0.1) is 0 Å². The Morgan fingerprint density at radius 2 is 2.28 bits per heavy atom. The maximum Gasteiger partial charge on any atom is 0.0817 e. The lowest BCUT2D eigenvalue weighted by Gasteiger charge is -2.12. The van der Waals surface area contributed by atoms with Crippen LogP contribution in [0.15, 0.2) is 6.20 Å². The molecule has 0 unspecified atom stereocenters. The Labute approximate surface area is 114 Å². The summed E-state index contributed by atoms with van der Waals surface area (Å²) in [5.74, 6) is 0. The molecule has 1 aliphatic carbocycles. The van der Waals surface area contributed by atoms with Crippen LogP contribution < -0.4 is 5.32 Å². The van der Waals surface area contributed by atoms with Gasteiger partial charge in [-0.05, 0) is 46.3 Å².